The molecule has 0 aliphatic rings. The maximum absolute atomic E-state index is 6.38. The van der Waals surface area contributed by atoms with Crippen LogP contribution in [-0.2, 0) is 0 Å². The SMILES string of the molecule is c1ccc(-n2c3ccccc3c3c2ccc2c4ccccc4n(-c4cccc(-c5nc(-c6ccc7c(c6)oc6ccccc67)nc(-n6c7ccccc7c7ccccc76)n5)c4)c23)cc1. The number of nitrogens with zero attached hydrogens (tertiary/aromatic N) is 6. The van der Waals surface area contributed by atoms with E-state index in [4.69, 9.17) is 19.4 Å². The highest BCUT2D eigenvalue weighted by Crippen LogP contribution is 2.43. The molecule has 5 heterocycles. The number of aromatic nitrogens is 6. The number of fused-ring (bicyclic) bond motifs is 13. The first-order chi connectivity index (χ1) is 31.7. The van der Waals surface area contributed by atoms with Crippen molar-refractivity contribution < 1.29 is 4.42 Å². The van der Waals surface area contributed by atoms with Crippen LogP contribution in [0, 0.1) is 0 Å². The average Bonchev–Trinajstić information content (AvgIpc) is 4.10. The molecule has 7 nitrogen and oxygen atoms in total. The molecule has 14 rings (SSSR count). The van der Waals surface area contributed by atoms with E-state index in [0.29, 0.717) is 17.6 Å². The number of hydrogen-bond acceptors (Lipinski definition) is 4. The van der Waals surface area contributed by atoms with Crippen LogP contribution in [0.5, 0.6) is 0 Å². The summed E-state index contributed by atoms with van der Waals surface area (Å²) < 4.78 is 13.3. The molecule has 14 aromatic rings. The Bertz CT molecular complexity index is 4160. The molecule has 0 bridgehead atoms. The van der Waals surface area contributed by atoms with E-state index < -0.39 is 0 Å². The van der Waals surface area contributed by atoms with Crippen molar-refractivity contribution in [3.8, 4) is 40.1 Å². The lowest BCUT2D eigenvalue weighted by molar-refractivity contribution is 0.669. The van der Waals surface area contributed by atoms with Crippen LogP contribution < -0.4 is 0 Å². The second kappa shape index (κ2) is 13.3. The minimum atomic E-state index is 0.541. The van der Waals surface area contributed by atoms with Crippen LogP contribution in [0.15, 0.2) is 211 Å². The lowest BCUT2D eigenvalue weighted by atomic mass is 10.1. The van der Waals surface area contributed by atoms with E-state index in [9.17, 15) is 0 Å². The van der Waals surface area contributed by atoms with Crippen LogP contribution in [0.1, 0.15) is 0 Å². The number of para-hydroxylation sites is 6. The molecule has 298 valence electrons. The van der Waals surface area contributed by atoms with Gasteiger partial charge in [-0.25, -0.2) is 4.98 Å². The molecule has 7 heteroatoms. The summed E-state index contributed by atoms with van der Waals surface area (Å²) in [5.41, 5.74) is 12.1. The van der Waals surface area contributed by atoms with E-state index in [2.05, 4.69) is 202 Å². The van der Waals surface area contributed by atoms with Crippen molar-refractivity contribution in [2.24, 2.45) is 0 Å². The van der Waals surface area contributed by atoms with Crippen LogP contribution in [0.25, 0.3) is 127 Å². The summed E-state index contributed by atoms with van der Waals surface area (Å²) in [5.74, 6) is 1.67. The molecule has 0 spiro atoms. The van der Waals surface area contributed by atoms with Gasteiger partial charge in [0.25, 0.3) is 0 Å². The maximum atomic E-state index is 6.38. The normalized spacial score (nSPS) is 12.1. The van der Waals surface area contributed by atoms with Gasteiger partial charge in [-0.15, -0.1) is 0 Å². The maximum Gasteiger partial charge on any atom is 0.238 e. The zero-order valence-electron chi connectivity index (χ0n) is 34.2. The van der Waals surface area contributed by atoms with E-state index in [1.54, 1.807) is 0 Å². The molecule has 0 amide bonds. The zero-order chi connectivity index (χ0) is 41.9. The molecule has 0 unspecified atom stereocenters. The van der Waals surface area contributed by atoms with Crippen LogP contribution in [0.4, 0.5) is 0 Å². The summed E-state index contributed by atoms with van der Waals surface area (Å²) in [4.78, 5) is 15.9. The van der Waals surface area contributed by atoms with Crippen molar-refractivity contribution in [2.45, 2.75) is 0 Å². The molecular formula is C57H34N6O. The standard InChI is InChI=1S/C57H34N6O/c1-2-16-37(17-3-1)61-49-27-12-7-23-45(49)53-50(61)32-31-44-41-21-6-9-24-46(41)62(54(44)53)38-18-14-15-35(33-38)55-58-56(36-29-30-43-42-22-8-13-28-51(42)64-52(43)34-36)60-57(59-55)63-47-25-10-4-19-39(47)40-20-5-11-26-48(40)63/h1-34H. The fourth-order valence-electron chi connectivity index (χ4n) is 10.1. The monoisotopic (exact) mass is 818 g/mol. The van der Waals surface area contributed by atoms with Crippen LogP contribution in [-0.4, -0.2) is 28.7 Å². The van der Waals surface area contributed by atoms with Gasteiger partial charge in [-0.1, -0.05) is 133 Å². The minimum absolute atomic E-state index is 0.541. The van der Waals surface area contributed by atoms with E-state index in [-0.39, 0.29) is 0 Å². The molecule has 64 heavy (non-hydrogen) atoms. The minimum Gasteiger partial charge on any atom is -0.456 e. The highest BCUT2D eigenvalue weighted by molar-refractivity contribution is 6.26. The molecule has 0 fully saturated rings. The van der Waals surface area contributed by atoms with Crippen LogP contribution >= 0.6 is 0 Å². The Morgan fingerprint density at radius 1 is 0.312 bits per heavy atom. The summed E-state index contributed by atoms with van der Waals surface area (Å²) in [6, 6.07) is 72.6. The van der Waals surface area contributed by atoms with E-state index in [1.807, 2.05) is 18.2 Å². The van der Waals surface area contributed by atoms with Gasteiger partial charge in [-0.05, 0) is 72.8 Å². The fraction of sp³-hybridized carbons (Fsp3) is 0. The van der Waals surface area contributed by atoms with E-state index in [1.165, 1.54) is 21.5 Å². The summed E-state index contributed by atoms with van der Waals surface area (Å²) in [7, 11) is 0. The third-order valence-corrected chi connectivity index (χ3v) is 12.9. The molecule has 0 N–H and O–H groups in total. The third-order valence-electron chi connectivity index (χ3n) is 12.9. The number of hydrogen-bond donors (Lipinski definition) is 0. The molecule has 0 radical (unpaired) electrons. The van der Waals surface area contributed by atoms with Crippen molar-refractivity contribution in [1.29, 1.82) is 0 Å². The summed E-state index contributed by atoms with van der Waals surface area (Å²) in [5, 5.41) is 9.20. The van der Waals surface area contributed by atoms with Gasteiger partial charge in [0, 0.05) is 65.6 Å². The molecule has 0 aliphatic heterocycles. The lowest BCUT2D eigenvalue weighted by Crippen LogP contribution is -2.06. The Hall–Kier alpha value is -8.81. The molecule has 0 saturated carbocycles. The first-order valence-electron chi connectivity index (χ1n) is 21.5. The Kier molecular flexibility index (Phi) is 7.27. The quantitative estimate of drug-likeness (QED) is 0.173. The molecule has 5 aromatic heterocycles. The number of benzene rings is 9. The second-order valence-electron chi connectivity index (χ2n) is 16.4. The van der Waals surface area contributed by atoms with Gasteiger partial charge in [-0.3, -0.25) is 4.57 Å². The second-order valence-corrected chi connectivity index (χ2v) is 16.4. The van der Waals surface area contributed by atoms with Gasteiger partial charge in [0.1, 0.15) is 11.2 Å². The third kappa shape index (κ3) is 5.00. The fourth-order valence-corrected chi connectivity index (χ4v) is 10.1. The van der Waals surface area contributed by atoms with Gasteiger partial charge in [0.2, 0.25) is 5.95 Å². The summed E-state index contributed by atoms with van der Waals surface area (Å²) >= 11 is 0. The van der Waals surface area contributed by atoms with Gasteiger partial charge < -0.3 is 13.6 Å². The Morgan fingerprint density at radius 3 is 1.56 bits per heavy atom. The zero-order valence-corrected chi connectivity index (χ0v) is 34.2. The topological polar surface area (TPSA) is 66.6 Å². The van der Waals surface area contributed by atoms with Gasteiger partial charge in [0.05, 0.1) is 33.1 Å². The van der Waals surface area contributed by atoms with Gasteiger partial charge in [-0.2, -0.15) is 9.97 Å². The summed E-state index contributed by atoms with van der Waals surface area (Å²) in [6.07, 6.45) is 0. The Labute approximate surface area is 365 Å². The van der Waals surface area contributed by atoms with Crippen molar-refractivity contribution >= 4 is 87.4 Å². The van der Waals surface area contributed by atoms with Crippen LogP contribution in [0.3, 0.4) is 0 Å². The number of rotatable bonds is 5. The smallest absolute Gasteiger partial charge is 0.238 e. The van der Waals surface area contributed by atoms with Gasteiger partial charge >= 0.3 is 0 Å². The molecular weight excluding hydrogens is 785 g/mol. The highest BCUT2D eigenvalue weighted by atomic mass is 16.3. The van der Waals surface area contributed by atoms with Crippen molar-refractivity contribution in [1.82, 2.24) is 28.7 Å². The predicted molar refractivity (Wildman–Crippen MR) is 261 cm³/mol. The lowest BCUT2D eigenvalue weighted by Gasteiger charge is -2.13. The average molecular weight is 819 g/mol. The molecule has 0 saturated heterocycles. The first kappa shape index (κ1) is 34.9. The van der Waals surface area contributed by atoms with E-state index in [0.717, 1.165) is 88.3 Å². The Balaban J connectivity index is 1.03. The number of furan rings is 1. The molecule has 0 atom stereocenters. The van der Waals surface area contributed by atoms with Crippen molar-refractivity contribution in [3.63, 3.8) is 0 Å². The molecule has 0 aliphatic carbocycles. The van der Waals surface area contributed by atoms with Crippen molar-refractivity contribution in [2.75, 3.05) is 0 Å². The molecule has 9 aromatic carbocycles. The largest absolute Gasteiger partial charge is 0.456 e. The highest BCUT2D eigenvalue weighted by Gasteiger charge is 2.23. The van der Waals surface area contributed by atoms with Gasteiger partial charge in [0.15, 0.2) is 11.6 Å². The van der Waals surface area contributed by atoms with E-state index >= 15 is 0 Å². The summed E-state index contributed by atoms with van der Waals surface area (Å²) in [6.45, 7) is 0. The predicted octanol–water partition coefficient (Wildman–Crippen LogP) is 14.4. The Morgan fingerprint density at radius 2 is 0.844 bits per heavy atom. The van der Waals surface area contributed by atoms with Crippen LogP contribution in [0.2, 0.25) is 0 Å². The van der Waals surface area contributed by atoms with Crippen molar-refractivity contribution in [3.05, 3.63) is 206 Å². The first-order valence-corrected chi connectivity index (χ1v) is 21.5.